The van der Waals surface area contributed by atoms with E-state index in [1.165, 1.54) is 11.3 Å². The number of hydrogen-bond donors (Lipinski definition) is 1. The summed E-state index contributed by atoms with van der Waals surface area (Å²) >= 11 is 4.70. The van der Waals surface area contributed by atoms with Gasteiger partial charge in [0, 0.05) is 6.42 Å². The summed E-state index contributed by atoms with van der Waals surface area (Å²) in [6.45, 7) is 10.9. The average molecular weight is 401 g/mol. The Labute approximate surface area is 146 Å². The summed E-state index contributed by atoms with van der Waals surface area (Å²) in [4.78, 5) is 41.3. The molecule has 126 valence electrons. The molecule has 0 aromatic carbocycles. The van der Waals surface area contributed by atoms with E-state index in [9.17, 15) is 14.4 Å². The molecule has 1 N–H and O–H groups in total. The molecule has 5 nitrogen and oxygen atoms in total. The minimum Gasteiger partial charge on any atom is -0.298 e. The lowest BCUT2D eigenvalue weighted by atomic mass is 9.83. The minimum absolute atomic E-state index is 0.135. The monoisotopic (exact) mass is 400 g/mol. The van der Waals surface area contributed by atoms with E-state index in [0.717, 1.165) is 13.9 Å². The Kier molecular flexibility index (Phi) is 4.50. The van der Waals surface area contributed by atoms with E-state index in [2.05, 4.69) is 20.9 Å². The number of H-pyrrole nitrogens is 1. The van der Waals surface area contributed by atoms with Crippen molar-refractivity contribution in [3.8, 4) is 0 Å². The third-order valence-electron chi connectivity index (χ3n) is 3.86. The van der Waals surface area contributed by atoms with Gasteiger partial charge in [0.15, 0.2) is 5.78 Å². The summed E-state index contributed by atoms with van der Waals surface area (Å²) < 4.78 is 1.85. The molecule has 0 aliphatic carbocycles. The molecule has 0 bridgehead atoms. The van der Waals surface area contributed by atoms with Crippen molar-refractivity contribution < 1.29 is 4.79 Å². The van der Waals surface area contributed by atoms with Crippen molar-refractivity contribution in [2.45, 2.75) is 53.5 Å². The van der Waals surface area contributed by atoms with Crippen molar-refractivity contribution in [2.24, 2.45) is 5.41 Å². The fourth-order valence-corrected chi connectivity index (χ4v) is 4.12. The van der Waals surface area contributed by atoms with Gasteiger partial charge in [-0.2, -0.15) is 0 Å². The third kappa shape index (κ3) is 3.21. The van der Waals surface area contributed by atoms with Crippen molar-refractivity contribution in [1.82, 2.24) is 9.55 Å². The van der Waals surface area contributed by atoms with Crippen LogP contribution in [-0.4, -0.2) is 15.3 Å². The number of hydrogen-bond acceptors (Lipinski definition) is 4. The zero-order valence-electron chi connectivity index (χ0n) is 14.2. The largest absolute Gasteiger partial charge is 0.330 e. The highest BCUT2D eigenvalue weighted by molar-refractivity contribution is 9.11. The van der Waals surface area contributed by atoms with E-state index in [0.29, 0.717) is 10.2 Å². The van der Waals surface area contributed by atoms with Crippen molar-refractivity contribution in [2.75, 3.05) is 0 Å². The second kappa shape index (κ2) is 5.70. The molecule has 0 saturated carbocycles. The minimum atomic E-state index is -1.20. The van der Waals surface area contributed by atoms with Gasteiger partial charge in [0.05, 0.1) is 9.17 Å². The van der Waals surface area contributed by atoms with Crippen molar-refractivity contribution in [1.29, 1.82) is 0 Å². The number of carbonyl (C=O) groups excluding carboxylic acids is 1. The van der Waals surface area contributed by atoms with E-state index < -0.39 is 16.8 Å². The topological polar surface area (TPSA) is 71.9 Å². The first kappa shape index (κ1) is 18.1. The quantitative estimate of drug-likeness (QED) is 0.855. The van der Waals surface area contributed by atoms with Crippen molar-refractivity contribution in [3.05, 3.63) is 30.2 Å². The van der Waals surface area contributed by atoms with Crippen LogP contribution in [0.15, 0.2) is 13.4 Å². The molecule has 0 atom stereocenters. The predicted octanol–water partition coefficient (Wildman–Crippen LogP) is 3.56. The highest BCUT2D eigenvalue weighted by Crippen LogP contribution is 2.31. The number of nitrogens with zero attached hydrogens (tertiary/aromatic N) is 1. The molecule has 2 rings (SSSR count). The highest BCUT2D eigenvalue weighted by atomic mass is 79.9. The summed E-state index contributed by atoms with van der Waals surface area (Å²) in [6, 6.07) is 0. The normalized spacial score (nSPS) is 12.8. The van der Waals surface area contributed by atoms with Gasteiger partial charge in [-0.05, 0) is 47.7 Å². The van der Waals surface area contributed by atoms with Crippen LogP contribution in [0.3, 0.4) is 0 Å². The third-order valence-corrected chi connectivity index (χ3v) is 5.94. The first-order valence-corrected chi connectivity index (χ1v) is 8.95. The first-order chi connectivity index (χ1) is 10.4. The molecule has 0 spiro atoms. The number of fused-ring (bicyclic) bond motifs is 1. The van der Waals surface area contributed by atoms with Crippen LogP contribution in [0.4, 0.5) is 0 Å². The molecule has 0 aliphatic rings. The van der Waals surface area contributed by atoms with Gasteiger partial charge in [0.1, 0.15) is 10.4 Å². The van der Waals surface area contributed by atoms with Crippen molar-refractivity contribution >= 4 is 43.3 Å². The molecule has 23 heavy (non-hydrogen) atoms. The molecule has 2 heterocycles. The lowest BCUT2D eigenvalue weighted by molar-refractivity contribution is -0.128. The van der Waals surface area contributed by atoms with E-state index in [4.69, 9.17) is 0 Å². The van der Waals surface area contributed by atoms with E-state index in [-0.39, 0.29) is 17.6 Å². The summed E-state index contributed by atoms with van der Waals surface area (Å²) in [5, 5.41) is 0.457. The molecule has 0 saturated heterocycles. The predicted molar refractivity (Wildman–Crippen MR) is 97.5 cm³/mol. The maximum Gasteiger partial charge on any atom is 0.330 e. The van der Waals surface area contributed by atoms with E-state index in [1.807, 2.05) is 27.7 Å². The molecule has 0 aliphatic heterocycles. The van der Waals surface area contributed by atoms with E-state index in [1.54, 1.807) is 13.8 Å². The Morgan fingerprint density at radius 1 is 1.22 bits per heavy atom. The number of aromatic amines is 1. The van der Waals surface area contributed by atoms with Crippen molar-refractivity contribution in [3.63, 3.8) is 0 Å². The Bertz CT molecular complexity index is 897. The second-order valence-electron chi connectivity index (χ2n) is 7.50. The number of ketones is 1. The summed E-state index contributed by atoms with van der Waals surface area (Å²) in [6.07, 6.45) is 0.288. The lowest BCUT2D eigenvalue weighted by Crippen LogP contribution is -2.51. The summed E-state index contributed by atoms with van der Waals surface area (Å²) in [5.41, 5.74) is -1.61. The van der Waals surface area contributed by atoms with Crippen LogP contribution in [0.5, 0.6) is 0 Å². The molecule has 0 fully saturated rings. The van der Waals surface area contributed by atoms with Crippen LogP contribution in [0.25, 0.3) is 10.2 Å². The smallest absolute Gasteiger partial charge is 0.298 e. The summed E-state index contributed by atoms with van der Waals surface area (Å²) in [5.74, 6) is -0.135. The number of halogens is 1. The van der Waals surface area contributed by atoms with Gasteiger partial charge >= 0.3 is 5.69 Å². The SMILES string of the molecule is Cc1c(Br)sc2[nH]c(=O)n(C(C)(C)C(=O)CC(C)(C)C)c(=O)c12. The number of rotatable bonds is 3. The summed E-state index contributed by atoms with van der Waals surface area (Å²) in [7, 11) is 0. The Morgan fingerprint density at radius 3 is 2.30 bits per heavy atom. The standard InChI is InChI=1S/C16H21BrN2O3S/c1-8-10-12(23-11(8)17)18-14(22)19(13(10)21)16(5,6)9(20)7-15(2,3)4/h7H2,1-6H3,(H,18,22). The fraction of sp³-hybridized carbons (Fsp3) is 0.562. The highest BCUT2D eigenvalue weighted by Gasteiger charge is 2.35. The lowest BCUT2D eigenvalue weighted by Gasteiger charge is -2.28. The number of nitrogens with one attached hydrogen (secondary N) is 1. The Hall–Kier alpha value is -1.21. The molecular formula is C16H21BrN2O3S. The van der Waals surface area contributed by atoms with Gasteiger partial charge in [-0.15, -0.1) is 11.3 Å². The molecule has 0 radical (unpaired) electrons. The maximum atomic E-state index is 12.9. The number of thiophene rings is 1. The fourth-order valence-electron chi connectivity index (χ4n) is 2.52. The maximum absolute atomic E-state index is 12.9. The van der Waals surface area contributed by atoms with Crippen LogP contribution in [0.1, 0.15) is 46.6 Å². The van der Waals surface area contributed by atoms with Gasteiger partial charge in [0.2, 0.25) is 0 Å². The van der Waals surface area contributed by atoms with Crippen LogP contribution in [-0.2, 0) is 10.3 Å². The second-order valence-corrected chi connectivity index (χ2v) is 9.83. The van der Waals surface area contributed by atoms with Crippen LogP contribution in [0, 0.1) is 12.3 Å². The van der Waals surface area contributed by atoms with Crippen LogP contribution < -0.4 is 11.2 Å². The zero-order chi connectivity index (χ0) is 17.7. The van der Waals surface area contributed by atoms with Gasteiger partial charge in [-0.3, -0.25) is 14.6 Å². The zero-order valence-corrected chi connectivity index (χ0v) is 16.6. The van der Waals surface area contributed by atoms with Crippen LogP contribution in [0.2, 0.25) is 0 Å². The molecule has 2 aromatic heterocycles. The van der Waals surface area contributed by atoms with Gasteiger partial charge in [-0.25, -0.2) is 9.36 Å². The van der Waals surface area contributed by atoms with Gasteiger partial charge in [0.25, 0.3) is 5.56 Å². The number of aryl methyl sites for hydroxylation is 1. The Balaban J connectivity index is 2.72. The van der Waals surface area contributed by atoms with Crippen LogP contribution >= 0.6 is 27.3 Å². The van der Waals surface area contributed by atoms with E-state index >= 15 is 0 Å². The molecule has 0 unspecified atom stereocenters. The molecule has 0 amide bonds. The van der Waals surface area contributed by atoms with Gasteiger partial charge in [-0.1, -0.05) is 20.8 Å². The molecule has 7 heteroatoms. The number of carbonyl (C=O) groups is 1. The molecular weight excluding hydrogens is 380 g/mol. The van der Waals surface area contributed by atoms with Gasteiger partial charge < -0.3 is 0 Å². The molecule has 2 aromatic rings. The first-order valence-electron chi connectivity index (χ1n) is 7.34. The average Bonchev–Trinajstić information content (AvgIpc) is 2.62. The number of aromatic nitrogens is 2. The Morgan fingerprint density at radius 2 is 1.78 bits per heavy atom. The number of Topliss-reactive ketones (excluding diaryl/α,β-unsaturated/α-hetero) is 1.